The quantitative estimate of drug-likeness (QED) is 0.908. The average molecular weight is 275 g/mol. The second kappa shape index (κ2) is 6.13. The van der Waals surface area contributed by atoms with E-state index in [4.69, 9.17) is 4.52 Å². The number of rotatable bonds is 5. The lowest BCUT2D eigenvalue weighted by molar-refractivity contribution is 0.138. The second-order valence-corrected chi connectivity index (χ2v) is 5.68. The highest BCUT2D eigenvalue weighted by Gasteiger charge is 2.16. The van der Waals surface area contributed by atoms with Gasteiger partial charge in [0.25, 0.3) is 0 Å². The molecule has 1 atom stereocenters. The van der Waals surface area contributed by atoms with Gasteiger partial charge in [0, 0.05) is 6.20 Å². The molecule has 20 heavy (non-hydrogen) atoms. The fourth-order valence-corrected chi connectivity index (χ4v) is 2.21. The smallest absolute Gasteiger partial charge is 0.229 e. The van der Waals surface area contributed by atoms with E-state index in [0.29, 0.717) is 24.1 Å². The molecule has 0 aromatic carbocycles. The molecular formula is C15H21N3O2. The highest BCUT2D eigenvalue weighted by molar-refractivity contribution is 5.53. The first-order chi connectivity index (χ1) is 9.45. The molecular weight excluding hydrogens is 254 g/mol. The molecule has 0 bridgehead atoms. The van der Waals surface area contributed by atoms with Gasteiger partial charge in [0.2, 0.25) is 11.7 Å². The zero-order valence-corrected chi connectivity index (χ0v) is 12.4. The molecule has 0 spiro atoms. The first-order valence-corrected chi connectivity index (χ1v) is 6.90. The summed E-state index contributed by atoms with van der Waals surface area (Å²) in [7, 11) is 0. The van der Waals surface area contributed by atoms with Gasteiger partial charge < -0.3 is 9.63 Å². The Labute approximate surface area is 119 Å². The third-order valence-electron chi connectivity index (χ3n) is 3.05. The van der Waals surface area contributed by atoms with Gasteiger partial charge in [-0.1, -0.05) is 25.1 Å². The summed E-state index contributed by atoms with van der Waals surface area (Å²) >= 11 is 0. The molecule has 0 fully saturated rings. The van der Waals surface area contributed by atoms with E-state index in [-0.39, 0.29) is 0 Å². The molecule has 2 rings (SSSR count). The predicted molar refractivity (Wildman–Crippen MR) is 76.2 cm³/mol. The van der Waals surface area contributed by atoms with Crippen molar-refractivity contribution >= 4 is 0 Å². The van der Waals surface area contributed by atoms with Crippen LogP contribution in [0.5, 0.6) is 0 Å². The van der Waals surface area contributed by atoms with Gasteiger partial charge in [0.15, 0.2) is 0 Å². The number of hydrogen-bond acceptors (Lipinski definition) is 5. The van der Waals surface area contributed by atoms with Crippen molar-refractivity contribution in [2.75, 3.05) is 0 Å². The van der Waals surface area contributed by atoms with Gasteiger partial charge in [-0.15, -0.1) is 0 Å². The molecule has 0 saturated heterocycles. The molecule has 0 aliphatic carbocycles. The van der Waals surface area contributed by atoms with Crippen molar-refractivity contribution < 1.29 is 9.63 Å². The number of hydrogen-bond donors (Lipinski definition) is 1. The van der Waals surface area contributed by atoms with E-state index < -0.39 is 6.10 Å². The van der Waals surface area contributed by atoms with Crippen LogP contribution in [0.15, 0.2) is 16.8 Å². The number of aryl methyl sites for hydroxylation is 2. The Kier molecular flexibility index (Phi) is 4.49. The molecule has 1 N–H and O–H groups in total. The molecule has 0 saturated carbocycles. The SMILES string of the molecule is Cc1cnc(-c2noc(CC(O)CC(C)C)n2)c(C)c1. The largest absolute Gasteiger partial charge is 0.393 e. The molecule has 5 heteroatoms. The van der Waals surface area contributed by atoms with E-state index in [0.717, 1.165) is 23.2 Å². The minimum atomic E-state index is -0.449. The van der Waals surface area contributed by atoms with E-state index in [1.165, 1.54) is 0 Å². The van der Waals surface area contributed by atoms with Gasteiger partial charge in [0.1, 0.15) is 5.69 Å². The van der Waals surface area contributed by atoms with Crippen molar-refractivity contribution in [1.29, 1.82) is 0 Å². The van der Waals surface area contributed by atoms with Crippen molar-refractivity contribution in [1.82, 2.24) is 15.1 Å². The van der Waals surface area contributed by atoms with E-state index >= 15 is 0 Å². The zero-order valence-electron chi connectivity index (χ0n) is 12.4. The minimum absolute atomic E-state index is 0.385. The maximum atomic E-state index is 9.90. The first-order valence-electron chi connectivity index (χ1n) is 6.90. The molecule has 0 amide bonds. The van der Waals surface area contributed by atoms with E-state index in [1.807, 2.05) is 19.9 Å². The zero-order chi connectivity index (χ0) is 14.7. The topological polar surface area (TPSA) is 72.0 Å². The van der Waals surface area contributed by atoms with Crippen LogP contribution in [0.25, 0.3) is 11.5 Å². The molecule has 2 aromatic heterocycles. The monoisotopic (exact) mass is 275 g/mol. The number of aliphatic hydroxyl groups is 1. The molecule has 5 nitrogen and oxygen atoms in total. The lowest BCUT2D eigenvalue weighted by Crippen LogP contribution is -2.13. The van der Waals surface area contributed by atoms with Crippen LogP contribution in [0.4, 0.5) is 0 Å². The van der Waals surface area contributed by atoms with Crippen molar-refractivity contribution in [3.63, 3.8) is 0 Å². The molecule has 108 valence electrons. The van der Waals surface area contributed by atoms with Gasteiger partial charge in [0.05, 0.1) is 12.5 Å². The second-order valence-electron chi connectivity index (χ2n) is 5.68. The van der Waals surface area contributed by atoms with Crippen LogP contribution >= 0.6 is 0 Å². The lowest BCUT2D eigenvalue weighted by Gasteiger charge is -2.09. The highest BCUT2D eigenvalue weighted by atomic mass is 16.5. The minimum Gasteiger partial charge on any atom is -0.393 e. The number of aromatic nitrogens is 3. The summed E-state index contributed by atoms with van der Waals surface area (Å²) in [6.45, 7) is 8.11. The maximum absolute atomic E-state index is 9.90. The predicted octanol–water partition coefficient (Wildman–Crippen LogP) is 2.70. The number of aliphatic hydroxyl groups excluding tert-OH is 1. The van der Waals surface area contributed by atoms with Crippen LogP contribution in [0.2, 0.25) is 0 Å². The molecule has 2 aromatic rings. The summed E-state index contributed by atoms with van der Waals surface area (Å²) in [5, 5.41) is 13.8. The van der Waals surface area contributed by atoms with Gasteiger partial charge in [-0.05, 0) is 37.3 Å². The van der Waals surface area contributed by atoms with Crippen LogP contribution in [0, 0.1) is 19.8 Å². The molecule has 1 unspecified atom stereocenters. The van der Waals surface area contributed by atoms with Crippen LogP contribution in [0.1, 0.15) is 37.3 Å². The van der Waals surface area contributed by atoms with Crippen molar-refractivity contribution in [3.8, 4) is 11.5 Å². The fourth-order valence-electron chi connectivity index (χ4n) is 2.21. The van der Waals surface area contributed by atoms with Crippen LogP contribution < -0.4 is 0 Å². The van der Waals surface area contributed by atoms with Gasteiger partial charge in [-0.25, -0.2) is 0 Å². The Balaban J connectivity index is 2.12. The Morgan fingerprint density at radius 1 is 1.30 bits per heavy atom. The Morgan fingerprint density at radius 2 is 2.05 bits per heavy atom. The fraction of sp³-hybridized carbons (Fsp3) is 0.533. The summed E-state index contributed by atoms with van der Waals surface area (Å²) in [6, 6.07) is 2.03. The third kappa shape index (κ3) is 3.63. The van der Waals surface area contributed by atoms with E-state index in [1.54, 1.807) is 6.20 Å². The number of nitrogens with zero attached hydrogens (tertiary/aromatic N) is 3. The first kappa shape index (κ1) is 14.7. The summed E-state index contributed by atoms with van der Waals surface area (Å²) in [4.78, 5) is 8.66. The summed E-state index contributed by atoms with van der Waals surface area (Å²) in [5.74, 6) is 1.37. The van der Waals surface area contributed by atoms with E-state index in [2.05, 4.69) is 29.0 Å². The Morgan fingerprint density at radius 3 is 2.70 bits per heavy atom. The van der Waals surface area contributed by atoms with Gasteiger partial charge in [-0.3, -0.25) is 4.98 Å². The number of pyridine rings is 1. The summed E-state index contributed by atoms with van der Waals surface area (Å²) in [6.07, 6.45) is 2.44. The molecule has 0 aliphatic rings. The molecule has 0 radical (unpaired) electrons. The van der Waals surface area contributed by atoms with Crippen molar-refractivity contribution in [2.24, 2.45) is 5.92 Å². The van der Waals surface area contributed by atoms with Crippen molar-refractivity contribution in [3.05, 3.63) is 29.3 Å². The van der Waals surface area contributed by atoms with Crippen LogP contribution in [0.3, 0.4) is 0 Å². The standard InChI is InChI=1S/C15H21N3O2/c1-9(2)5-12(19)7-13-17-15(18-20-13)14-11(4)6-10(3)8-16-14/h6,8-9,12,19H,5,7H2,1-4H3. The summed E-state index contributed by atoms with van der Waals surface area (Å²) in [5.41, 5.74) is 2.84. The van der Waals surface area contributed by atoms with E-state index in [9.17, 15) is 5.11 Å². The normalized spacial score (nSPS) is 12.9. The lowest BCUT2D eigenvalue weighted by atomic mass is 10.0. The summed E-state index contributed by atoms with van der Waals surface area (Å²) < 4.78 is 5.20. The van der Waals surface area contributed by atoms with Gasteiger partial charge >= 0.3 is 0 Å². The Hall–Kier alpha value is -1.75. The molecule has 2 heterocycles. The average Bonchev–Trinajstić information content (AvgIpc) is 2.75. The highest BCUT2D eigenvalue weighted by Crippen LogP contribution is 2.19. The molecule has 0 aliphatic heterocycles. The van der Waals surface area contributed by atoms with Crippen molar-refractivity contribution in [2.45, 2.75) is 46.6 Å². The Bertz CT molecular complexity index is 578. The third-order valence-corrected chi connectivity index (χ3v) is 3.05. The van der Waals surface area contributed by atoms with Crippen LogP contribution in [-0.2, 0) is 6.42 Å². The maximum Gasteiger partial charge on any atom is 0.229 e. The van der Waals surface area contributed by atoms with Crippen LogP contribution in [-0.4, -0.2) is 26.3 Å². The van der Waals surface area contributed by atoms with Gasteiger partial charge in [-0.2, -0.15) is 4.98 Å².